The minimum Gasteiger partial charge on any atom is -0.493 e. The molecule has 1 aliphatic heterocycles. The van der Waals surface area contributed by atoms with Crippen LogP contribution in [0.3, 0.4) is 0 Å². The number of hydrogen-bond acceptors (Lipinski definition) is 4. The molecule has 2 aromatic carbocycles. The number of nitrogens with one attached hydrogen (secondary N) is 1. The molecule has 2 heterocycles. The maximum Gasteiger partial charge on any atom is 0.307 e. The number of aromatic hydroxyl groups is 1. The number of fused-ring (bicyclic) bond motifs is 1. The van der Waals surface area contributed by atoms with Gasteiger partial charge in [0.2, 0.25) is 5.88 Å². The fourth-order valence-electron chi connectivity index (χ4n) is 2.89. The normalized spacial score (nSPS) is 14.6. The molecule has 0 unspecified atom stereocenters. The molecule has 0 spiro atoms. The highest BCUT2D eigenvalue weighted by atomic mass is 35.5. The van der Waals surface area contributed by atoms with Crippen molar-refractivity contribution in [3.63, 3.8) is 0 Å². The first kappa shape index (κ1) is 15.9. The quantitative estimate of drug-likeness (QED) is 0.705. The molecule has 0 amide bonds. The van der Waals surface area contributed by atoms with E-state index in [0.29, 0.717) is 16.3 Å². The largest absolute Gasteiger partial charge is 0.493 e. The van der Waals surface area contributed by atoms with Crippen molar-refractivity contribution in [3.8, 4) is 5.88 Å². The van der Waals surface area contributed by atoms with Gasteiger partial charge in [-0.25, -0.2) is 0 Å². The molecular formula is C19H13ClN2O2S. The number of halogens is 1. The van der Waals surface area contributed by atoms with Gasteiger partial charge in [0.25, 0.3) is 0 Å². The Bertz CT molecular complexity index is 1060. The van der Waals surface area contributed by atoms with Gasteiger partial charge in [-0.1, -0.05) is 53.3 Å². The third kappa shape index (κ3) is 3.04. The van der Waals surface area contributed by atoms with Gasteiger partial charge in [0, 0.05) is 22.4 Å². The first-order valence-corrected chi connectivity index (χ1v) is 8.85. The Morgan fingerprint density at radius 2 is 1.92 bits per heavy atom. The summed E-state index contributed by atoms with van der Waals surface area (Å²) in [4.78, 5) is 18.9. The van der Waals surface area contributed by atoms with Crippen LogP contribution in [-0.4, -0.2) is 16.3 Å². The molecular weight excluding hydrogens is 356 g/mol. The van der Waals surface area contributed by atoms with Gasteiger partial charge in [-0.3, -0.25) is 14.8 Å². The predicted molar refractivity (Wildman–Crippen MR) is 103 cm³/mol. The second kappa shape index (κ2) is 6.35. The fourth-order valence-corrected chi connectivity index (χ4v) is 3.80. The topological polar surface area (TPSA) is 65.5 Å². The van der Waals surface area contributed by atoms with E-state index in [-0.39, 0.29) is 10.8 Å². The molecule has 4 rings (SSSR count). The number of aromatic nitrogens is 1. The molecule has 2 N–H and O–H groups in total. The second-order valence-corrected chi connectivity index (χ2v) is 7.08. The molecule has 0 saturated heterocycles. The van der Waals surface area contributed by atoms with Crippen molar-refractivity contribution in [3.05, 3.63) is 79.2 Å². The maximum absolute atomic E-state index is 11.7. The van der Waals surface area contributed by atoms with Crippen LogP contribution in [-0.2, 0) is 6.42 Å². The Labute approximate surface area is 152 Å². The van der Waals surface area contributed by atoms with Gasteiger partial charge in [0.15, 0.2) is 0 Å². The van der Waals surface area contributed by atoms with Crippen LogP contribution in [0.25, 0.3) is 11.1 Å². The Balaban J connectivity index is 1.89. The summed E-state index contributed by atoms with van der Waals surface area (Å²) < 4.78 is 0. The molecule has 124 valence electrons. The van der Waals surface area contributed by atoms with Crippen molar-refractivity contribution < 1.29 is 5.11 Å². The summed E-state index contributed by atoms with van der Waals surface area (Å²) in [6.07, 6.45) is 2.34. The summed E-state index contributed by atoms with van der Waals surface area (Å²) in [5.74, 6) is -0.107. The van der Waals surface area contributed by atoms with E-state index in [9.17, 15) is 9.90 Å². The molecule has 0 aliphatic carbocycles. The van der Waals surface area contributed by atoms with Crippen LogP contribution in [0.4, 0.5) is 5.69 Å². The van der Waals surface area contributed by atoms with Crippen molar-refractivity contribution in [1.82, 2.24) is 4.98 Å². The number of rotatable bonds is 3. The smallest absolute Gasteiger partial charge is 0.307 e. The number of thiazole rings is 1. The summed E-state index contributed by atoms with van der Waals surface area (Å²) in [6, 6.07) is 15.4. The molecule has 3 aromatic rings. The van der Waals surface area contributed by atoms with Gasteiger partial charge in [0.1, 0.15) is 0 Å². The van der Waals surface area contributed by atoms with Gasteiger partial charge < -0.3 is 5.11 Å². The molecule has 0 radical (unpaired) electrons. The number of aromatic amines is 1. The molecule has 4 nitrogen and oxygen atoms in total. The lowest BCUT2D eigenvalue weighted by Crippen LogP contribution is -1.95. The monoisotopic (exact) mass is 368 g/mol. The van der Waals surface area contributed by atoms with Crippen molar-refractivity contribution >= 4 is 46.0 Å². The summed E-state index contributed by atoms with van der Waals surface area (Å²) in [5.41, 5.74) is 4.68. The van der Waals surface area contributed by atoms with Crippen LogP contribution in [0.5, 0.6) is 5.88 Å². The van der Waals surface area contributed by atoms with E-state index in [1.807, 2.05) is 48.5 Å². The number of allylic oxidation sites excluding steroid dienone is 2. The average molecular weight is 369 g/mol. The minimum absolute atomic E-state index is 0.107. The van der Waals surface area contributed by atoms with Gasteiger partial charge >= 0.3 is 4.87 Å². The molecule has 0 atom stereocenters. The predicted octanol–water partition coefficient (Wildman–Crippen LogP) is 4.66. The van der Waals surface area contributed by atoms with Crippen LogP contribution in [0, 0.1) is 0 Å². The molecule has 1 aliphatic rings. The van der Waals surface area contributed by atoms with E-state index < -0.39 is 0 Å². The van der Waals surface area contributed by atoms with E-state index in [1.54, 1.807) is 6.21 Å². The van der Waals surface area contributed by atoms with Crippen LogP contribution >= 0.6 is 22.9 Å². The molecule has 0 saturated carbocycles. The van der Waals surface area contributed by atoms with Crippen LogP contribution in [0.2, 0.25) is 5.02 Å². The Kier molecular flexibility index (Phi) is 4.03. The van der Waals surface area contributed by atoms with Crippen molar-refractivity contribution in [2.75, 3.05) is 0 Å². The number of nitrogens with zero attached hydrogens (tertiary/aromatic N) is 1. The third-order valence-corrected chi connectivity index (χ3v) is 5.23. The Hall–Kier alpha value is -2.63. The third-order valence-electron chi connectivity index (χ3n) is 4.05. The summed E-state index contributed by atoms with van der Waals surface area (Å²) in [7, 11) is 0. The molecule has 0 bridgehead atoms. The number of para-hydroxylation sites is 1. The summed E-state index contributed by atoms with van der Waals surface area (Å²) >= 11 is 6.97. The highest BCUT2D eigenvalue weighted by Gasteiger charge is 2.21. The second-order valence-electron chi connectivity index (χ2n) is 5.66. The summed E-state index contributed by atoms with van der Waals surface area (Å²) in [6.45, 7) is 0. The van der Waals surface area contributed by atoms with Crippen LogP contribution in [0.15, 0.2) is 58.3 Å². The zero-order valence-electron chi connectivity index (χ0n) is 13.0. The van der Waals surface area contributed by atoms with Crippen molar-refractivity contribution in [2.45, 2.75) is 6.42 Å². The number of hydrogen-bond donors (Lipinski definition) is 2. The van der Waals surface area contributed by atoms with E-state index in [1.165, 1.54) is 0 Å². The minimum atomic E-state index is -0.287. The SMILES string of the molecule is O=c1[nH]c(O)c(C(Cc2ccc(Cl)cc2)=C2C=Nc3ccccc32)s1. The van der Waals surface area contributed by atoms with Crippen molar-refractivity contribution in [1.29, 1.82) is 0 Å². The van der Waals surface area contributed by atoms with Gasteiger partial charge in [-0.05, 0) is 35.8 Å². The van der Waals surface area contributed by atoms with Gasteiger partial charge in [-0.2, -0.15) is 0 Å². The first-order chi connectivity index (χ1) is 12.1. The lowest BCUT2D eigenvalue weighted by atomic mass is 9.95. The Morgan fingerprint density at radius 1 is 1.16 bits per heavy atom. The highest BCUT2D eigenvalue weighted by molar-refractivity contribution is 7.10. The number of aliphatic imine (C=N–C) groups is 1. The lowest BCUT2D eigenvalue weighted by molar-refractivity contribution is 0.454. The Morgan fingerprint density at radius 3 is 2.64 bits per heavy atom. The van der Waals surface area contributed by atoms with Crippen molar-refractivity contribution in [2.24, 2.45) is 4.99 Å². The van der Waals surface area contributed by atoms with Gasteiger partial charge in [0.05, 0.1) is 10.6 Å². The summed E-state index contributed by atoms with van der Waals surface area (Å²) in [5, 5.41) is 10.9. The molecule has 1 aromatic heterocycles. The van der Waals surface area contributed by atoms with E-state index >= 15 is 0 Å². The average Bonchev–Trinajstić information content (AvgIpc) is 3.17. The number of benzene rings is 2. The van der Waals surface area contributed by atoms with E-state index in [2.05, 4.69) is 9.98 Å². The molecule has 0 fully saturated rings. The zero-order chi connectivity index (χ0) is 17.4. The standard InChI is InChI=1S/C19H13ClN2O2S/c20-12-7-5-11(6-8-12)9-14(17-18(23)22-19(24)25-17)15-10-21-16-4-2-1-3-13(15)16/h1-8,10,23H,9H2,(H,22,24). The van der Waals surface area contributed by atoms with E-state index in [4.69, 9.17) is 11.6 Å². The lowest BCUT2D eigenvalue weighted by Gasteiger charge is -2.10. The fraction of sp³-hybridized carbons (Fsp3) is 0.0526. The number of H-pyrrole nitrogens is 1. The van der Waals surface area contributed by atoms with Crippen LogP contribution in [0.1, 0.15) is 16.0 Å². The first-order valence-electron chi connectivity index (χ1n) is 7.65. The van der Waals surface area contributed by atoms with Gasteiger partial charge in [-0.15, -0.1) is 0 Å². The molecule has 6 heteroatoms. The van der Waals surface area contributed by atoms with E-state index in [0.717, 1.165) is 39.3 Å². The molecule has 25 heavy (non-hydrogen) atoms. The maximum atomic E-state index is 11.7. The zero-order valence-corrected chi connectivity index (χ0v) is 14.6. The highest BCUT2D eigenvalue weighted by Crippen LogP contribution is 2.40. The van der Waals surface area contributed by atoms with Crippen LogP contribution < -0.4 is 4.87 Å².